The van der Waals surface area contributed by atoms with Crippen molar-refractivity contribution in [1.82, 2.24) is 9.55 Å². The van der Waals surface area contributed by atoms with E-state index in [2.05, 4.69) is 10.3 Å². The Bertz CT molecular complexity index is 577. The fourth-order valence-corrected chi connectivity index (χ4v) is 1.64. The van der Waals surface area contributed by atoms with Gasteiger partial charge in [0.25, 0.3) is 0 Å². The highest BCUT2D eigenvalue weighted by molar-refractivity contribution is 5.82. The number of pyridine rings is 1. The summed E-state index contributed by atoms with van der Waals surface area (Å²) in [7, 11) is 0. The van der Waals surface area contributed by atoms with Crippen LogP contribution in [-0.4, -0.2) is 27.0 Å². The number of aromatic nitrogens is 2. The number of hydrogen-bond donors (Lipinski definition) is 2. The molecule has 6 heteroatoms. The van der Waals surface area contributed by atoms with Gasteiger partial charge in [-0.05, 0) is 18.2 Å². The lowest BCUT2D eigenvalue weighted by Gasteiger charge is -2.09. The first kappa shape index (κ1) is 11.8. The van der Waals surface area contributed by atoms with E-state index < -0.39 is 6.09 Å². The number of anilines is 1. The molecule has 92 valence electrons. The van der Waals surface area contributed by atoms with E-state index in [0.717, 1.165) is 6.29 Å². The van der Waals surface area contributed by atoms with Crippen molar-refractivity contribution in [2.24, 2.45) is 0 Å². The summed E-state index contributed by atoms with van der Waals surface area (Å²) in [6.07, 6.45) is 2.84. The van der Waals surface area contributed by atoms with E-state index in [1.165, 1.54) is 6.20 Å². The van der Waals surface area contributed by atoms with Gasteiger partial charge in [0.15, 0.2) is 6.29 Å². The molecule has 0 spiro atoms. The highest BCUT2D eigenvalue weighted by Gasteiger charge is 2.08. The number of hydrogen-bond acceptors (Lipinski definition) is 3. The van der Waals surface area contributed by atoms with Gasteiger partial charge in [0.05, 0.1) is 12.2 Å². The third kappa shape index (κ3) is 2.54. The lowest BCUT2D eigenvalue weighted by Crippen LogP contribution is -2.12. The number of nitrogens with zero attached hydrogens (tertiary/aromatic N) is 2. The number of carboxylic acid groups (broad SMARTS) is 1. The van der Waals surface area contributed by atoms with Crippen LogP contribution in [0.3, 0.4) is 0 Å². The summed E-state index contributed by atoms with van der Waals surface area (Å²) in [5.74, 6) is 0.274. The van der Waals surface area contributed by atoms with E-state index in [1.54, 1.807) is 35.0 Å². The Kier molecular flexibility index (Phi) is 3.38. The lowest BCUT2D eigenvalue weighted by atomic mass is 10.2. The maximum absolute atomic E-state index is 10.8. The first-order chi connectivity index (χ1) is 8.70. The Balaban J connectivity index is 2.28. The molecule has 2 aromatic rings. The van der Waals surface area contributed by atoms with Crippen LogP contribution < -0.4 is 5.32 Å². The second-order valence-electron chi connectivity index (χ2n) is 3.62. The summed E-state index contributed by atoms with van der Waals surface area (Å²) in [4.78, 5) is 25.4. The molecule has 0 saturated heterocycles. The Labute approximate surface area is 103 Å². The third-order valence-corrected chi connectivity index (χ3v) is 2.44. The van der Waals surface area contributed by atoms with Crippen LogP contribution >= 0.6 is 0 Å². The molecule has 2 heterocycles. The second-order valence-corrected chi connectivity index (χ2v) is 3.62. The highest BCUT2D eigenvalue weighted by atomic mass is 16.4. The van der Waals surface area contributed by atoms with Crippen LogP contribution in [0.4, 0.5) is 10.6 Å². The van der Waals surface area contributed by atoms with E-state index in [-0.39, 0.29) is 5.82 Å². The van der Waals surface area contributed by atoms with Gasteiger partial charge >= 0.3 is 6.09 Å². The van der Waals surface area contributed by atoms with E-state index in [9.17, 15) is 9.59 Å². The Morgan fingerprint density at radius 1 is 1.44 bits per heavy atom. The molecule has 2 N–H and O–H groups in total. The van der Waals surface area contributed by atoms with Crippen molar-refractivity contribution in [3.8, 4) is 0 Å². The molecule has 0 unspecified atom stereocenters. The average Bonchev–Trinajstić information content (AvgIpc) is 2.78. The topological polar surface area (TPSA) is 84.2 Å². The summed E-state index contributed by atoms with van der Waals surface area (Å²) in [6.45, 7) is 0.379. The maximum Gasteiger partial charge on any atom is 0.410 e. The van der Waals surface area contributed by atoms with Crippen molar-refractivity contribution in [2.75, 3.05) is 5.32 Å². The fourth-order valence-electron chi connectivity index (χ4n) is 1.64. The molecule has 0 radical (unpaired) electrons. The molecule has 2 rings (SSSR count). The highest BCUT2D eigenvalue weighted by Crippen LogP contribution is 2.14. The summed E-state index contributed by atoms with van der Waals surface area (Å²) in [6, 6.07) is 6.91. The zero-order valence-corrected chi connectivity index (χ0v) is 9.41. The van der Waals surface area contributed by atoms with E-state index >= 15 is 0 Å². The van der Waals surface area contributed by atoms with Crippen LogP contribution in [0.2, 0.25) is 0 Å². The zero-order chi connectivity index (χ0) is 13.0. The van der Waals surface area contributed by atoms with Crippen LogP contribution in [0.15, 0.2) is 36.7 Å². The number of rotatable bonds is 4. The molecule has 0 aromatic carbocycles. The quantitative estimate of drug-likeness (QED) is 0.805. The molecular weight excluding hydrogens is 234 g/mol. The van der Waals surface area contributed by atoms with Gasteiger partial charge in [-0.15, -0.1) is 0 Å². The predicted octanol–water partition coefficient (Wildman–Crippen LogP) is 1.83. The Morgan fingerprint density at radius 2 is 2.28 bits per heavy atom. The minimum atomic E-state index is -1.17. The number of carbonyl (C=O) groups excluding carboxylic acids is 1. The average molecular weight is 245 g/mol. The van der Waals surface area contributed by atoms with Crippen LogP contribution in [0.1, 0.15) is 16.1 Å². The molecule has 2 aromatic heterocycles. The monoisotopic (exact) mass is 245 g/mol. The largest absolute Gasteiger partial charge is 0.465 e. The van der Waals surface area contributed by atoms with Gasteiger partial charge < -0.3 is 9.67 Å². The van der Waals surface area contributed by atoms with Crippen LogP contribution in [0.5, 0.6) is 0 Å². The Hall–Kier alpha value is -2.63. The molecule has 0 fully saturated rings. The first-order valence-electron chi connectivity index (χ1n) is 5.25. The standard InChI is InChI=1S/C12H11N3O3/c16-8-10-4-2-6-15(10)7-9-3-1-5-13-11(9)14-12(17)18/h1-6,8H,7H2,(H,13,14)(H,17,18). The van der Waals surface area contributed by atoms with Gasteiger partial charge in [0.2, 0.25) is 0 Å². The molecule has 1 amide bonds. The van der Waals surface area contributed by atoms with E-state index in [1.807, 2.05) is 0 Å². The normalized spacial score (nSPS) is 10.0. The summed E-state index contributed by atoms with van der Waals surface area (Å²) in [5, 5.41) is 10.9. The van der Waals surface area contributed by atoms with E-state index in [4.69, 9.17) is 5.11 Å². The van der Waals surface area contributed by atoms with Crippen LogP contribution in [0.25, 0.3) is 0 Å². The van der Waals surface area contributed by atoms with Gasteiger partial charge in [0, 0.05) is 18.0 Å². The molecule has 0 aliphatic carbocycles. The molecule has 0 aliphatic heterocycles. The number of nitrogens with one attached hydrogen (secondary N) is 1. The van der Waals surface area contributed by atoms with Crippen molar-refractivity contribution in [1.29, 1.82) is 0 Å². The zero-order valence-electron chi connectivity index (χ0n) is 9.41. The first-order valence-corrected chi connectivity index (χ1v) is 5.25. The van der Waals surface area contributed by atoms with Gasteiger partial charge in [-0.2, -0.15) is 0 Å². The maximum atomic E-state index is 10.8. The third-order valence-electron chi connectivity index (χ3n) is 2.44. The second kappa shape index (κ2) is 5.13. The smallest absolute Gasteiger partial charge is 0.410 e. The van der Waals surface area contributed by atoms with Crippen molar-refractivity contribution < 1.29 is 14.7 Å². The van der Waals surface area contributed by atoms with Gasteiger partial charge in [0.1, 0.15) is 5.82 Å². The molecule has 0 saturated carbocycles. The minimum Gasteiger partial charge on any atom is -0.465 e. The van der Waals surface area contributed by atoms with Crippen LogP contribution in [0, 0.1) is 0 Å². The molecule has 18 heavy (non-hydrogen) atoms. The van der Waals surface area contributed by atoms with Gasteiger partial charge in [-0.3, -0.25) is 10.1 Å². The van der Waals surface area contributed by atoms with Crippen molar-refractivity contribution in [3.63, 3.8) is 0 Å². The molecular formula is C12H11N3O3. The van der Waals surface area contributed by atoms with Crippen molar-refractivity contribution in [2.45, 2.75) is 6.54 Å². The Morgan fingerprint density at radius 3 is 3.00 bits per heavy atom. The number of aldehydes is 1. The fraction of sp³-hybridized carbons (Fsp3) is 0.0833. The predicted molar refractivity (Wildman–Crippen MR) is 64.8 cm³/mol. The number of amides is 1. The number of carbonyl (C=O) groups is 2. The van der Waals surface area contributed by atoms with Gasteiger partial charge in [-0.25, -0.2) is 9.78 Å². The SMILES string of the molecule is O=Cc1cccn1Cc1cccnc1NC(=O)O. The summed E-state index contributed by atoms with van der Waals surface area (Å²) in [5.41, 5.74) is 1.22. The summed E-state index contributed by atoms with van der Waals surface area (Å²) < 4.78 is 1.72. The summed E-state index contributed by atoms with van der Waals surface area (Å²) >= 11 is 0. The van der Waals surface area contributed by atoms with Crippen LogP contribution in [-0.2, 0) is 6.54 Å². The van der Waals surface area contributed by atoms with E-state index in [0.29, 0.717) is 17.8 Å². The minimum absolute atomic E-state index is 0.274. The molecule has 6 nitrogen and oxygen atoms in total. The molecule has 0 atom stereocenters. The van der Waals surface area contributed by atoms with Crippen molar-refractivity contribution >= 4 is 18.2 Å². The lowest BCUT2D eigenvalue weighted by molar-refractivity contribution is 0.111. The van der Waals surface area contributed by atoms with Crippen molar-refractivity contribution in [3.05, 3.63) is 47.9 Å². The molecule has 0 bridgehead atoms. The molecule has 0 aliphatic rings. The van der Waals surface area contributed by atoms with Gasteiger partial charge in [-0.1, -0.05) is 6.07 Å².